The molecular weight excluding hydrogens is 370 g/mol. The summed E-state index contributed by atoms with van der Waals surface area (Å²) in [5, 5.41) is 15.7. The van der Waals surface area contributed by atoms with Crippen LogP contribution in [0.25, 0.3) is 10.8 Å². The van der Waals surface area contributed by atoms with E-state index in [0.29, 0.717) is 5.56 Å². The Morgan fingerprint density at radius 3 is 2.59 bits per heavy atom. The molecule has 7 heteroatoms. The van der Waals surface area contributed by atoms with E-state index in [2.05, 4.69) is 10.5 Å². The summed E-state index contributed by atoms with van der Waals surface area (Å²) in [4.78, 5) is 25.2. The van der Waals surface area contributed by atoms with E-state index in [1.54, 1.807) is 12.1 Å². The Morgan fingerprint density at radius 1 is 1.07 bits per heavy atom. The molecule has 3 aromatic carbocycles. The lowest BCUT2D eigenvalue weighted by Gasteiger charge is -2.15. The van der Waals surface area contributed by atoms with Crippen LogP contribution in [-0.4, -0.2) is 41.8 Å². The van der Waals surface area contributed by atoms with Gasteiger partial charge in [-0.15, -0.1) is 0 Å². The van der Waals surface area contributed by atoms with Crippen molar-refractivity contribution in [2.75, 3.05) is 13.6 Å². The fourth-order valence-electron chi connectivity index (χ4n) is 2.73. The van der Waals surface area contributed by atoms with E-state index in [4.69, 9.17) is 4.74 Å². The Morgan fingerprint density at radius 2 is 1.79 bits per heavy atom. The standard InChI is InChI=1S/C22H21N3O4/c1-25(22(28)29-15-16-7-3-2-4-8-16)14-21(27)24-23-13-19-18-10-6-5-9-17(18)11-12-20(19)26/h2-13,26H,14-15H2,1H3,(H,24,27). The third-order valence-electron chi connectivity index (χ3n) is 4.23. The summed E-state index contributed by atoms with van der Waals surface area (Å²) in [7, 11) is 1.47. The number of nitrogens with zero attached hydrogens (tertiary/aromatic N) is 2. The van der Waals surface area contributed by atoms with Gasteiger partial charge in [0, 0.05) is 12.6 Å². The fourth-order valence-corrected chi connectivity index (χ4v) is 2.73. The van der Waals surface area contributed by atoms with E-state index < -0.39 is 12.0 Å². The van der Waals surface area contributed by atoms with Gasteiger partial charge < -0.3 is 14.7 Å². The quantitative estimate of drug-likeness (QED) is 0.498. The number of ether oxygens (including phenoxy) is 1. The molecule has 7 nitrogen and oxygen atoms in total. The number of nitrogens with one attached hydrogen (secondary N) is 1. The highest BCUT2D eigenvalue weighted by Crippen LogP contribution is 2.25. The van der Waals surface area contributed by atoms with Crippen molar-refractivity contribution in [3.05, 3.63) is 77.9 Å². The van der Waals surface area contributed by atoms with Crippen molar-refractivity contribution in [2.24, 2.45) is 5.10 Å². The molecule has 0 saturated carbocycles. The summed E-state index contributed by atoms with van der Waals surface area (Å²) >= 11 is 0. The highest BCUT2D eigenvalue weighted by Gasteiger charge is 2.14. The number of fused-ring (bicyclic) bond motifs is 1. The largest absolute Gasteiger partial charge is 0.507 e. The Hall–Kier alpha value is -3.87. The predicted octanol–water partition coefficient (Wildman–Crippen LogP) is 3.26. The van der Waals surface area contributed by atoms with Crippen LogP contribution in [0.2, 0.25) is 0 Å². The molecule has 0 bridgehead atoms. The molecule has 0 atom stereocenters. The molecule has 0 radical (unpaired) electrons. The number of phenols is 1. The lowest BCUT2D eigenvalue weighted by Crippen LogP contribution is -2.36. The van der Waals surface area contributed by atoms with Crippen LogP contribution in [0.3, 0.4) is 0 Å². The van der Waals surface area contributed by atoms with Gasteiger partial charge in [-0.05, 0) is 22.4 Å². The van der Waals surface area contributed by atoms with Crippen LogP contribution in [0.5, 0.6) is 5.75 Å². The number of hydrogen-bond donors (Lipinski definition) is 2. The van der Waals surface area contributed by atoms with Crippen molar-refractivity contribution in [1.82, 2.24) is 10.3 Å². The van der Waals surface area contributed by atoms with Crippen molar-refractivity contribution < 1.29 is 19.4 Å². The number of aromatic hydroxyl groups is 1. The second kappa shape index (κ2) is 9.36. The van der Waals surface area contributed by atoms with E-state index in [1.807, 2.05) is 54.6 Å². The molecule has 0 spiro atoms. The van der Waals surface area contributed by atoms with Crippen molar-refractivity contribution in [3.8, 4) is 5.75 Å². The van der Waals surface area contributed by atoms with Crippen LogP contribution in [0.15, 0.2) is 71.8 Å². The number of carbonyl (C=O) groups is 2. The Kier molecular flexibility index (Phi) is 6.42. The van der Waals surface area contributed by atoms with Crippen molar-refractivity contribution in [1.29, 1.82) is 0 Å². The normalized spacial score (nSPS) is 10.8. The molecule has 0 unspecified atom stereocenters. The molecule has 3 aromatic rings. The van der Waals surface area contributed by atoms with E-state index in [0.717, 1.165) is 21.2 Å². The number of benzene rings is 3. The molecule has 0 aromatic heterocycles. The maximum atomic E-state index is 12.0. The summed E-state index contributed by atoms with van der Waals surface area (Å²) in [6.07, 6.45) is 0.767. The third kappa shape index (κ3) is 5.32. The Bertz CT molecular complexity index is 1030. The molecule has 0 aliphatic carbocycles. The Balaban J connectivity index is 1.53. The van der Waals surface area contributed by atoms with Crippen LogP contribution in [-0.2, 0) is 16.1 Å². The van der Waals surface area contributed by atoms with Crippen LogP contribution in [0, 0.1) is 0 Å². The highest BCUT2D eigenvalue weighted by atomic mass is 16.6. The topological polar surface area (TPSA) is 91.2 Å². The maximum absolute atomic E-state index is 12.0. The first-order valence-corrected chi connectivity index (χ1v) is 8.99. The van der Waals surface area contributed by atoms with E-state index >= 15 is 0 Å². The van der Waals surface area contributed by atoms with E-state index in [1.165, 1.54) is 13.3 Å². The summed E-state index contributed by atoms with van der Waals surface area (Å²) in [5.74, 6) is -0.427. The maximum Gasteiger partial charge on any atom is 0.410 e. The molecule has 0 aliphatic rings. The van der Waals surface area contributed by atoms with Crippen molar-refractivity contribution >= 4 is 29.0 Å². The molecule has 148 valence electrons. The van der Waals surface area contributed by atoms with Crippen molar-refractivity contribution in [3.63, 3.8) is 0 Å². The zero-order valence-electron chi connectivity index (χ0n) is 15.9. The average molecular weight is 391 g/mol. The van der Waals surface area contributed by atoms with Gasteiger partial charge in [-0.25, -0.2) is 10.2 Å². The zero-order valence-corrected chi connectivity index (χ0v) is 15.9. The van der Waals surface area contributed by atoms with Gasteiger partial charge in [0.05, 0.1) is 6.21 Å². The number of amides is 2. The number of hydrogen-bond acceptors (Lipinski definition) is 5. The van der Waals surface area contributed by atoms with Crippen LogP contribution in [0.4, 0.5) is 4.79 Å². The lowest BCUT2D eigenvalue weighted by molar-refractivity contribution is -0.121. The van der Waals surface area contributed by atoms with Gasteiger partial charge in [-0.3, -0.25) is 4.79 Å². The van der Waals surface area contributed by atoms with Gasteiger partial charge in [0.15, 0.2) is 0 Å². The molecule has 0 aliphatic heterocycles. The minimum Gasteiger partial charge on any atom is -0.507 e. The summed E-state index contributed by atoms with van der Waals surface area (Å²) in [6, 6.07) is 20.2. The zero-order chi connectivity index (χ0) is 20.6. The second-order valence-corrected chi connectivity index (χ2v) is 6.41. The molecule has 3 rings (SSSR count). The number of likely N-dealkylation sites (N-methyl/N-ethyl adjacent to an activating group) is 1. The lowest BCUT2D eigenvalue weighted by atomic mass is 10.0. The molecule has 0 saturated heterocycles. The molecule has 0 fully saturated rings. The monoisotopic (exact) mass is 391 g/mol. The van der Waals surface area contributed by atoms with E-state index in [9.17, 15) is 14.7 Å². The minimum absolute atomic E-state index is 0.0586. The van der Waals surface area contributed by atoms with Crippen LogP contribution in [0.1, 0.15) is 11.1 Å². The summed E-state index contributed by atoms with van der Waals surface area (Å²) in [6.45, 7) is -0.0867. The number of hydrazone groups is 1. The molecule has 29 heavy (non-hydrogen) atoms. The van der Waals surface area contributed by atoms with Gasteiger partial charge in [0.1, 0.15) is 18.9 Å². The SMILES string of the molecule is CN(CC(=O)NN=Cc1c(O)ccc2ccccc12)C(=O)OCc1ccccc1. The van der Waals surface area contributed by atoms with Gasteiger partial charge in [-0.1, -0.05) is 60.7 Å². The van der Waals surface area contributed by atoms with Crippen LogP contribution < -0.4 is 5.43 Å². The molecule has 2 N–H and O–H groups in total. The summed E-state index contributed by atoms with van der Waals surface area (Å²) in [5.41, 5.74) is 3.71. The second-order valence-electron chi connectivity index (χ2n) is 6.41. The molecule has 0 heterocycles. The number of phenolic OH excluding ortho intramolecular Hbond substituents is 1. The fraction of sp³-hybridized carbons (Fsp3) is 0.136. The smallest absolute Gasteiger partial charge is 0.410 e. The Labute approximate surface area is 168 Å². The first-order valence-electron chi connectivity index (χ1n) is 8.99. The average Bonchev–Trinajstić information content (AvgIpc) is 2.74. The third-order valence-corrected chi connectivity index (χ3v) is 4.23. The molecular formula is C22H21N3O4. The number of rotatable bonds is 6. The van der Waals surface area contributed by atoms with Gasteiger partial charge in [0.25, 0.3) is 5.91 Å². The van der Waals surface area contributed by atoms with Gasteiger partial charge in [-0.2, -0.15) is 5.10 Å². The van der Waals surface area contributed by atoms with Crippen molar-refractivity contribution in [2.45, 2.75) is 6.61 Å². The first-order chi connectivity index (χ1) is 14.0. The van der Waals surface area contributed by atoms with Crippen LogP contribution >= 0.6 is 0 Å². The number of carbonyl (C=O) groups excluding carboxylic acids is 2. The van der Waals surface area contributed by atoms with Gasteiger partial charge in [0.2, 0.25) is 0 Å². The summed E-state index contributed by atoms with van der Waals surface area (Å²) < 4.78 is 5.16. The molecule has 2 amide bonds. The highest BCUT2D eigenvalue weighted by molar-refractivity contribution is 6.02. The van der Waals surface area contributed by atoms with E-state index in [-0.39, 0.29) is 18.9 Å². The predicted molar refractivity (Wildman–Crippen MR) is 111 cm³/mol. The first kappa shape index (κ1) is 19.9. The minimum atomic E-state index is -0.611. The van der Waals surface area contributed by atoms with Gasteiger partial charge >= 0.3 is 6.09 Å².